The lowest BCUT2D eigenvalue weighted by atomic mass is 9.75. The minimum Gasteiger partial charge on any atom is -0.454 e. The monoisotopic (exact) mass is 471 g/mol. The Labute approximate surface area is 196 Å². The molecule has 0 radical (unpaired) electrons. The Morgan fingerprint density at radius 1 is 0.971 bits per heavy atom. The molecular weight excluding hydrogens is 444 g/mol. The number of benzene rings is 2. The minimum atomic E-state index is -0.940. The summed E-state index contributed by atoms with van der Waals surface area (Å²) in [5.74, 6) is -0.138. The summed E-state index contributed by atoms with van der Waals surface area (Å²) >= 11 is 0. The van der Waals surface area contributed by atoms with E-state index in [1.165, 1.54) is 17.0 Å². The first-order chi connectivity index (χ1) is 16.4. The number of imide groups is 1. The van der Waals surface area contributed by atoms with Gasteiger partial charge in [0.2, 0.25) is 6.79 Å². The molecule has 0 unspecified atom stereocenters. The number of fused-ring (bicyclic) bond motifs is 1. The van der Waals surface area contributed by atoms with E-state index in [9.17, 15) is 18.4 Å². The lowest BCUT2D eigenvalue weighted by Gasteiger charge is -2.40. The highest BCUT2D eigenvalue weighted by Crippen LogP contribution is 2.38. The van der Waals surface area contributed by atoms with Crippen LogP contribution in [0, 0.1) is 17.6 Å². The van der Waals surface area contributed by atoms with Crippen molar-refractivity contribution in [2.24, 2.45) is 5.92 Å². The van der Waals surface area contributed by atoms with Gasteiger partial charge < -0.3 is 14.8 Å². The number of nitrogens with zero attached hydrogens (tertiary/aromatic N) is 2. The molecule has 2 aromatic rings. The van der Waals surface area contributed by atoms with Crippen molar-refractivity contribution in [2.75, 3.05) is 19.9 Å². The number of likely N-dealkylation sites (tertiary alicyclic amines) is 1. The third kappa shape index (κ3) is 4.09. The van der Waals surface area contributed by atoms with E-state index >= 15 is 0 Å². The van der Waals surface area contributed by atoms with Crippen molar-refractivity contribution in [3.63, 3.8) is 0 Å². The van der Waals surface area contributed by atoms with Gasteiger partial charge in [-0.2, -0.15) is 0 Å². The lowest BCUT2D eigenvalue weighted by Crippen LogP contribution is -2.55. The fourth-order valence-corrected chi connectivity index (χ4v) is 5.36. The van der Waals surface area contributed by atoms with Crippen LogP contribution >= 0.6 is 0 Å². The number of hydrogen-bond donors (Lipinski definition) is 1. The van der Waals surface area contributed by atoms with Gasteiger partial charge in [0.15, 0.2) is 11.5 Å². The summed E-state index contributed by atoms with van der Waals surface area (Å²) in [6.07, 6.45) is 1.90. The zero-order chi connectivity index (χ0) is 23.9. The van der Waals surface area contributed by atoms with E-state index in [1.54, 1.807) is 12.1 Å². The minimum absolute atomic E-state index is 0.0174. The Morgan fingerprint density at radius 2 is 1.68 bits per heavy atom. The Bertz CT molecular complexity index is 1100. The highest BCUT2D eigenvalue weighted by atomic mass is 19.1. The van der Waals surface area contributed by atoms with Crippen LogP contribution < -0.4 is 14.8 Å². The second-order valence-corrected chi connectivity index (χ2v) is 9.16. The van der Waals surface area contributed by atoms with E-state index in [2.05, 4.69) is 10.2 Å². The molecule has 2 aromatic carbocycles. The number of amides is 3. The number of urea groups is 1. The van der Waals surface area contributed by atoms with Crippen molar-refractivity contribution >= 4 is 11.9 Å². The van der Waals surface area contributed by atoms with Crippen molar-refractivity contribution in [1.82, 2.24) is 15.1 Å². The second-order valence-electron chi connectivity index (χ2n) is 9.16. The van der Waals surface area contributed by atoms with Gasteiger partial charge in [0, 0.05) is 12.6 Å². The summed E-state index contributed by atoms with van der Waals surface area (Å²) < 4.78 is 37.8. The highest BCUT2D eigenvalue weighted by molar-refractivity contribution is 6.07. The van der Waals surface area contributed by atoms with Crippen LogP contribution in [0.4, 0.5) is 13.6 Å². The first-order valence-electron chi connectivity index (χ1n) is 11.6. The molecule has 0 aliphatic carbocycles. The first-order valence-corrected chi connectivity index (χ1v) is 11.6. The molecule has 3 aliphatic rings. The SMILES string of the molecule is CC[C@@]1(C2CCN(Cc3cc(F)cc(F)c3)CC2)NC(=O)N(Cc2ccc3c(c2)OCO3)C1=O. The van der Waals surface area contributed by atoms with Crippen LogP contribution in [0.25, 0.3) is 0 Å². The Balaban J connectivity index is 1.25. The van der Waals surface area contributed by atoms with Gasteiger partial charge in [0.05, 0.1) is 6.54 Å². The van der Waals surface area contributed by atoms with Gasteiger partial charge in [-0.15, -0.1) is 0 Å². The van der Waals surface area contributed by atoms with Crippen LogP contribution in [0.5, 0.6) is 11.5 Å². The number of halogens is 2. The van der Waals surface area contributed by atoms with E-state index in [-0.39, 0.29) is 31.2 Å². The molecule has 2 fully saturated rings. The van der Waals surface area contributed by atoms with Gasteiger partial charge in [-0.1, -0.05) is 13.0 Å². The van der Waals surface area contributed by atoms with Crippen molar-refractivity contribution in [1.29, 1.82) is 0 Å². The number of hydrogen-bond acceptors (Lipinski definition) is 5. The summed E-state index contributed by atoms with van der Waals surface area (Å²) in [4.78, 5) is 29.8. The normalized spacial score (nSPS) is 23.0. The van der Waals surface area contributed by atoms with Gasteiger partial charge in [-0.25, -0.2) is 13.6 Å². The maximum Gasteiger partial charge on any atom is 0.325 e. The Morgan fingerprint density at radius 3 is 2.38 bits per heavy atom. The molecular formula is C25H27F2N3O4. The molecule has 1 N–H and O–H groups in total. The van der Waals surface area contributed by atoms with Crippen molar-refractivity contribution in [2.45, 2.75) is 44.8 Å². The molecule has 3 heterocycles. The first kappa shape index (κ1) is 22.6. The predicted molar refractivity (Wildman–Crippen MR) is 119 cm³/mol. The molecule has 0 bridgehead atoms. The van der Waals surface area contributed by atoms with Crippen molar-refractivity contribution in [3.05, 3.63) is 59.2 Å². The summed E-state index contributed by atoms with van der Waals surface area (Å²) in [5.41, 5.74) is 0.433. The maximum absolute atomic E-state index is 13.5. The molecule has 34 heavy (non-hydrogen) atoms. The molecule has 0 saturated carbocycles. The fraction of sp³-hybridized carbons (Fsp3) is 0.440. The summed E-state index contributed by atoms with van der Waals surface area (Å²) in [6.45, 7) is 4.04. The van der Waals surface area contributed by atoms with Gasteiger partial charge in [-0.3, -0.25) is 14.6 Å². The summed E-state index contributed by atoms with van der Waals surface area (Å²) in [7, 11) is 0. The van der Waals surface area contributed by atoms with E-state index in [1.807, 2.05) is 13.0 Å². The zero-order valence-corrected chi connectivity index (χ0v) is 19.0. The molecule has 0 aromatic heterocycles. The van der Waals surface area contributed by atoms with Crippen molar-refractivity contribution in [3.8, 4) is 11.5 Å². The van der Waals surface area contributed by atoms with E-state index in [0.717, 1.165) is 11.6 Å². The average Bonchev–Trinajstić information content (AvgIpc) is 3.37. The molecule has 9 heteroatoms. The van der Waals surface area contributed by atoms with E-state index in [0.29, 0.717) is 56.0 Å². The number of nitrogens with one attached hydrogen (secondary N) is 1. The van der Waals surface area contributed by atoms with Crippen LogP contribution in [-0.4, -0.2) is 47.2 Å². The quantitative estimate of drug-likeness (QED) is 0.649. The lowest BCUT2D eigenvalue weighted by molar-refractivity contribution is -0.134. The molecule has 2 saturated heterocycles. The number of rotatable bonds is 6. The Hall–Kier alpha value is -3.20. The third-order valence-corrected chi connectivity index (χ3v) is 7.15. The van der Waals surface area contributed by atoms with Gasteiger partial charge in [0.1, 0.15) is 17.2 Å². The largest absolute Gasteiger partial charge is 0.454 e. The number of carbonyl (C=O) groups excluding carboxylic acids is 2. The maximum atomic E-state index is 13.5. The van der Waals surface area contributed by atoms with Crippen LogP contribution in [0.3, 0.4) is 0 Å². The molecule has 7 nitrogen and oxygen atoms in total. The van der Waals surface area contributed by atoms with Crippen molar-refractivity contribution < 1.29 is 27.8 Å². The highest BCUT2D eigenvalue weighted by Gasteiger charge is 2.54. The summed E-state index contributed by atoms with van der Waals surface area (Å²) in [5, 5.41) is 3.00. The summed E-state index contributed by atoms with van der Waals surface area (Å²) in [6, 6.07) is 8.57. The standard InChI is InChI=1S/C25H27F2N3O4/c1-2-25(18-5-7-29(8-6-18)13-17-9-19(26)12-20(27)10-17)23(31)30(24(32)28-25)14-16-3-4-21-22(11-16)34-15-33-21/h3-4,9-12,18H,2,5-8,13-15H2,1H3,(H,28,32)/t25-/m0/s1. The molecule has 3 aliphatic heterocycles. The van der Waals surface area contributed by atoms with E-state index in [4.69, 9.17) is 9.47 Å². The average molecular weight is 472 g/mol. The van der Waals surface area contributed by atoms with E-state index < -0.39 is 17.2 Å². The number of carbonyl (C=O) groups is 2. The Kier molecular flexibility index (Phi) is 5.89. The van der Waals surface area contributed by atoms with Crippen LogP contribution in [0.2, 0.25) is 0 Å². The molecule has 1 atom stereocenters. The molecule has 5 rings (SSSR count). The molecule has 3 amide bonds. The van der Waals surface area contributed by atoms with Gasteiger partial charge >= 0.3 is 6.03 Å². The zero-order valence-electron chi connectivity index (χ0n) is 19.0. The smallest absolute Gasteiger partial charge is 0.325 e. The second kappa shape index (κ2) is 8.87. The van der Waals surface area contributed by atoms with Gasteiger partial charge in [-0.05, 0) is 73.7 Å². The number of piperidine rings is 1. The predicted octanol–water partition coefficient (Wildman–Crippen LogP) is 3.81. The number of ether oxygens (including phenoxy) is 2. The molecule has 0 spiro atoms. The third-order valence-electron chi connectivity index (χ3n) is 7.15. The fourth-order valence-electron chi connectivity index (χ4n) is 5.36. The van der Waals surface area contributed by atoms with Gasteiger partial charge in [0.25, 0.3) is 5.91 Å². The van der Waals surface area contributed by atoms with Crippen LogP contribution in [0.15, 0.2) is 36.4 Å². The molecule has 180 valence electrons. The van der Waals surface area contributed by atoms with Crippen LogP contribution in [0.1, 0.15) is 37.3 Å². The van der Waals surface area contributed by atoms with Crippen LogP contribution in [-0.2, 0) is 17.9 Å². The topological polar surface area (TPSA) is 71.1 Å².